The highest BCUT2D eigenvalue weighted by Gasteiger charge is 2.30. The van der Waals surface area contributed by atoms with Crippen molar-refractivity contribution in [3.05, 3.63) is 35.4 Å². The lowest BCUT2D eigenvalue weighted by molar-refractivity contribution is -0.137. The summed E-state index contributed by atoms with van der Waals surface area (Å²) in [5, 5.41) is 3.02. The fraction of sp³-hybridized carbons (Fsp3) is 0.632. The topological polar surface area (TPSA) is 35.6 Å². The van der Waals surface area contributed by atoms with Gasteiger partial charge < -0.3 is 5.32 Å². The number of halogens is 3. The van der Waals surface area contributed by atoms with Gasteiger partial charge in [0.25, 0.3) is 0 Å². The second-order valence-corrected chi connectivity index (χ2v) is 7.54. The van der Waals surface area contributed by atoms with Crippen molar-refractivity contribution < 1.29 is 18.0 Å². The van der Waals surface area contributed by atoms with E-state index in [4.69, 9.17) is 0 Å². The molecule has 4 nitrogen and oxygen atoms in total. The van der Waals surface area contributed by atoms with Gasteiger partial charge in [-0.1, -0.05) is 25.1 Å². The van der Waals surface area contributed by atoms with Crippen LogP contribution in [0.15, 0.2) is 24.3 Å². The number of rotatable bonds is 6. The van der Waals surface area contributed by atoms with E-state index >= 15 is 0 Å². The van der Waals surface area contributed by atoms with Crippen molar-refractivity contribution in [2.45, 2.75) is 45.5 Å². The second-order valence-electron chi connectivity index (χ2n) is 7.54. The van der Waals surface area contributed by atoms with E-state index in [-0.39, 0.29) is 11.4 Å². The third-order valence-electron chi connectivity index (χ3n) is 4.85. The zero-order valence-corrected chi connectivity index (χ0v) is 15.7. The van der Waals surface area contributed by atoms with Gasteiger partial charge in [-0.25, -0.2) is 0 Å². The Morgan fingerprint density at radius 1 is 1.12 bits per heavy atom. The third kappa shape index (κ3) is 6.29. The van der Waals surface area contributed by atoms with E-state index in [1.54, 1.807) is 6.07 Å². The Labute approximate surface area is 153 Å². The molecule has 0 radical (unpaired) electrons. The molecule has 1 N–H and O–H groups in total. The molecule has 7 heteroatoms. The molecule has 26 heavy (non-hydrogen) atoms. The van der Waals surface area contributed by atoms with Gasteiger partial charge in [-0.2, -0.15) is 13.2 Å². The van der Waals surface area contributed by atoms with E-state index in [0.29, 0.717) is 18.7 Å². The van der Waals surface area contributed by atoms with Gasteiger partial charge in [0.05, 0.1) is 12.1 Å². The number of benzene rings is 1. The highest BCUT2D eigenvalue weighted by Crippen LogP contribution is 2.29. The highest BCUT2D eigenvalue weighted by atomic mass is 19.4. The van der Waals surface area contributed by atoms with Gasteiger partial charge in [0.15, 0.2) is 0 Å². The van der Waals surface area contributed by atoms with Crippen molar-refractivity contribution in [3.8, 4) is 0 Å². The predicted molar refractivity (Wildman–Crippen MR) is 95.7 cm³/mol. The number of nitrogens with one attached hydrogen (secondary N) is 1. The maximum absolute atomic E-state index is 12.8. The average molecular weight is 371 g/mol. The zero-order valence-electron chi connectivity index (χ0n) is 15.7. The van der Waals surface area contributed by atoms with E-state index in [1.807, 2.05) is 20.8 Å². The van der Waals surface area contributed by atoms with Gasteiger partial charge >= 0.3 is 6.18 Å². The molecule has 1 aromatic rings. The minimum Gasteiger partial charge on any atom is -0.350 e. The molecule has 1 amide bonds. The van der Waals surface area contributed by atoms with Crippen LogP contribution in [-0.2, 0) is 17.5 Å². The lowest BCUT2D eigenvalue weighted by atomic mass is 10.0. The van der Waals surface area contributed by atoms with E-state index in [0.717, 1.165) is 38.7 Å². The first kappa shape index (κ1) is 20.7. The Bertz CT molecular complexity index is 608. The zero-order chi connectivity index (χ0) is 19.4. The molecule has 0 aromatic heterocycles. The van der Waals surface area contributed by atoms with E-state index in [2.05, 4.69) is 15.1 Å². The average Bonchev–Trinajstić information content (AvgIpc) is 2.56. The fourth-order valence-corrected chi connectivity index (χ4v) is 2.92. The summed E-state index contributed by atoms with van der Waals surface area (Å²) in [5.74, 6) is 0.0168. The molecule has 0 atom stereocenters. The van der Waals surface area contributed by atoms with Crippen LogP contribution in [0.25, 0.3) is 0 Å². The Balaban J connectivity index is 1.81. The maximum atomic E-state index is 12.8. The summed E-state index contributed by atoms with van der Waals surface area (Å²) < 4.78 is 38.4. The van der Waals surface area contributed by atoms with Crippen molar-refractivity contribution in [2.75, 3.05) is 32.7 Å². The number of amides is 1. The highest BCUT2D eigenvalue weighted by molar-refractivity contribution is 5.78. The second kappa shape index (κ2) is 8.39. The van der Waals surface area contributed by atoms with Crippen molar-refractivity contribution in [3.63, 3.8) is 0 Å². The van der Waals surface area contributed by atoms with Gasteiger partial charge in [-0.15, -0.1) is 0 Å². The van der Waals surface area contributed by atoms with Crippen molar-refractivity contribution >= 4 is 5.91 Å². The van der Waals surface area contributed by atoms with E-state index in [9.17, 15) is 18.0 Å². The normalized spacial score (nSPS) is 17.3. The summed E-state index contributed by atoms with van der Waals surface area (Å²) in [6.07, 6.45) is -3.45. The molecule has 0 unspecified atom stereocenters. The summed E-state index contributed by atoms with van der Waals surface area (Å²) in [6.45, 7) is 9.83. The molecule has 0 spiro atoms. The molecule has 1 fully saturated rings. The smallest absolute Gasteiger partial charge is 0.350 e. The van der Waals surface area contributed by atoms with Crippen LogP contribution in [0.4, 0.5) is 13.2 Å². The van der Waals surface area contributed by atoms with Crippen LogP contribution in [-0.4, -0.2) is 54.0 Å². The number of hydrogen-bond acceptors (Lipinski definition) is 3. The standard InChI is InChI=1S/C19H28F3N3O/c1-4-18(2,3)23-17(26)14-25-10-8-24(9-11-25)13-15-6-5-7-16(12-15)19(20,21)22/h5-7,12H,4,8-11,13-14H2,1-3H3,(H,23,26). The lowest BCUT2D eigenvalue weighted by Crippen LogP contribution is -2.52. The summed E-state index contributed by atoms with van der Waals surface area (Å²) in [5.41, 5.74) is -0.151. The number of hydrogen-bond donors (Lipinski definition) is 1. The Hall–Kier alpha value is -1.60. The molecule has 2 rings (SSSR count). The Morgan fingerprint density at radius 2 is 1.73 bits per heavy atom. The fourth-order valence-electron chi connectivity index (χ4n) is 2.92. The van der Waals surface area contributed by atoms with Crippen LogP contribution in [0.1, 0.15) is 38.3 Å². The minimum absolute atomic E-state index is 0.0168. The largest absolute Gasteiger partial charge is 0.416 e. The summed E-state index contributed by atoms with van der Waals surface area (Å²) in [4.78, 5) is 16.3. The molecule has 1 aliphatic rings. The first-order valence-electron chi connectivity index (χ1n) is 9.01. The molecule has 0 saturated carbocycles. The van der Waals surface area contributed by atoms with Gasteiger partial charge in [0, 0.05) is 38.3 Å². The summed E-state index contributed by atoms with van der Waals surface area (Å²) >= 11 is 0. The molecular formula is C19H28F3N3O. The molecule has 1 heterocycles. The van der Waals surface area contributed by atoms with E-state index in [1.165, 1.54) is 12.1 Å². The molecule has 1 saturated heterocycles. The minimum atomic E-state index is -4.31. The van der Waals surface area contributed by atoms with Crippen LogP contribution < -0.4 is 5.32 Å². The molecule has 1 aromatic carbocycles. The SMILES string of the molecule is CCC(C)(C)NC(=O)CN1CCN(Cc2cccc(C(F)(F)F)c2)CC1. The van der Waals surface area contributed by atoms with Crippen LogP contribution in [0, 0.1) is 0 Å². The molecule has 1 aliphatic heterocycles. The molecular weight excluding hydrogens is 343 g/mol. The quantitative estimate of drug-likeness (QED) is 0.835. The lowest BCUT2D eigenvalue weighted by Gasteiger charge is -2.35. The number of carbonyl (C=O) groups is 1. The number of piperazine rings is 1. The first-order valence-corrected chi connectivity index (χ1v) is 9.01. The van der Waals surface area contributed by atoms with Crippen molar-refractivity contribution in [1.82, 2.24) is 15.1 Å². The van der Waals surface area contributed by atoms with Crippen LogP contribution >= 0.6 is 0 Å². The van der Waals surface area contributed by atoms with Gasteiger partial charge in [-0.05, 0) is 31.9 Å². The first-order chi connectivity index (χ1) is 12.1. The summed E-state index contributed by atoms with van der Waals surface area (Å²) in [6, 6.07) is 5.49. The molecule has 0 bridgehead atoms. The van der Waals surface area contributed by atoms with Crippen molar-refractivity contribution in [1.29, 1.82) is 0 Å². The molecule has 146 valence electrons. The van der Waals surface area contributed by atoms with Crippen LogP contribution in [0.2, 0.25) is 0 Å². The third-order valence-corrected chi connectivity index (χ3v) is 4.85. The molecule has 0 aliphatic carbocycles. The van der Waals surface area contributed by atoms with Gasteiger partial charge in [0.2, 0.25) is 5.91 Å². The monoisotopic (exact) mass is 371 g/mol. The van der Waals surface area contributed by atoms with Gasteiger partial charge in [-0.3, -0.25) is 14.6 Å². The van der Waals surface area contributed by atoms with Crippen LogP contribution in [0.5, 0.6) is 0 Å². The Morgan fingerprint density at radius 3 is 2.31 bits per heavy atom. The number of carbonyl (C=O) groups excluding carboxylic acids is 1. The summed E-state index contributed by atoms with van der Waals surface area (Å²) in [7, 11) is 0. The van der Waals surface area contributed by atoms with E-state index < -0.39 is 11.7 Å². The van der Waals surface area contributed by atoms with Crippen molar-refractivity contribution in [2.24, 2.45) is 0 Å². The maximum Gasteiger partial charge on any atom is 0.416 e. The predicted octanol–water partition coefficient (Wildman–Crippen LogP) is 3.13. The van der Waals surface area contributed by atoms with Gasteiger partial charge in [0.1, 0.15) is 0 Å². The number of nitrogens with zero attached hydrogens (tertiary/aromatic N) is 2. The number of alkyl halides is 3. The van der Waals surface area contributed by atoms with Crippen LogP contribution in [0.3, 0.4) is 0 Å². The Kier molecular flexibility index (Phi) is 6.69.